The van der Waals surface area contributed by atoms with Crippen LogP contribution in [0.3, 0.4) is 0 Å². The van der Waals surface area contributed by atoms with E-state index in [9.17, 15) is 28.8 Å². The Labute approximate surface area is 393 Å². The first-order valence-corrected chi connectivity index (χ1v) is 21.2. The molecule has 0 bridgehead atoms. The largest absolute Gasteiger partial charge is 0.425 e. The van der Waals surface area contributed by atoms with Crippen LogP contribution in [-0.2, 0) is 4.79 Å². The van der Waals surface area contributed by atoms with Crippen molar-refractivity contribution in [2.45, 2.75) is 34.6 Å². The van der Waals surface area contributed by atoms with E-state index in [0.29, 0.717) is 0 Å². The second-order valence-electron chi connectivity index (χ2n) is 16.1. The molecule has 0 fully saturated rings. The lowest BCUT2D eigenvalue weighted by molar-refractivity contribution is -0.120. The van der Waals surface area contributed by atoms with Gasteiger partial charge in [0.25, 0.3) is 6.47 Å². The SMILES string of the molecule is Cc1ccc(C(=O)Oc2cc3c(c(OC(=O)c4ccc(C)cc4)c2OC(=O)c2ccc(C)cc2)C(=O)c2cc(OC=O)c(OC(=O)c4ccc(C)cc4)c(OC(=O)c4ccc(C)cc4)c2C3=O)cc1. The van der Waals surface area contributed by atoms with Crippen LogP contribution < -0.4 is 28.4 Å². The van der Waals surface area contributed by atoms with Crippen molar-refractivity contribution in [1.82, 2.24) is 0 Å². The fraction of sp³-hybridized carbons (Fsp3) is 0.0909. The van der Waals surface area contributed by atoms with Gasteiger partial charge in [0.1, 0.15) is 0 Å². The molecule has 14 nitrogen and oxygen atoms in total. The Balaban J connectivity index is 1.38. The average molecular weight is 923 g/mol. The van der Waals surface area contributed by atoms with Crippen molar-refractivity contribution in [3.63, 3.8) is 0 Å². The molecule has 0 spiro atoms. The van der Waals surface area contributed by atoms with Crippen LogP contribution in [0, 0.1) is 34.6 Å². The Hall–Kier alpha value is -9.30. The van der Waals surface area contributed by atoms with Crippen LogP contribution in [0.4, 0.5) is 0 Å². The number of aryl methyl sites for hydroxylation is 5. The van der Waals surface area contributed by atoms with Gasteiger partial charge in [-0.3, -0.25) is 14.4 Å². The normalized spacial score (nSPS) is 11.4. The molecule has 0 saturated carbocycles. The van der Waals surface area contributed by atoms with E-state index in [0.717, 1.165) is 39.9 Å². The van der Waals surface area contributed by atoms with Gasteiger partial charge < -0.3 is 28.4 Å². The first kappa shape index (κ1) is 46.2. The summed E-state index contributed by atoms with van der Waals surface area (Å²) in [7, 11) is 0. The van der Waals surface area contributed by atoms with Crippen LogP contribution in [0.15, 0.2) is 133 Å². The summed E-state index contributed by atoms with van der Waals surface area (Å²) in [5.41, 5.74) is 1.42. The monoisotopic (exact) mass is 922 g/mol. The second-order valence-corrected chi connectivity index (χ2v) is 16.1. The van der Waals surface area contributed by atoms with Gasteiger partial charge in [0.2, 0.25) is 11.5 Å². The van der Waals surface area contributed by atoms with Crippen molar-refractivity contribution in [2.24, 2.45) is 0 Å². The van der Waals surface area contributed by atoms with E-state index in [4.69, 9.17) is 28.4 Å². The maximum absolute atomic E-state index is 15.3. The molecule has 8 rings (SSSR count). The highest BCUT2D eigenvalue weighted by atomic mass is 16.6. The zero-order chi connectivity index (χ0) is 49.1. The molecule has 69 heavy (non-hydrogen) atoms. The third-order valence-electron chi connectivity index (χ3n) is 10.9. The van der Waals surface area contributed by atoms with Gasteiger partial charge in [-0.05, 0) is 107 Å². The number of ketones is 2. The lowest BCUT2D eigenvalue weighted by Gasteiger charge is -2.26. The van der Waals surface area contributed by atoms with E-state index in [1.54, 1.807) is 95.3 Å². The lowest BCUT2D eigenvalue weighted by Crippen LogP contribution is -2.27. The maximum atomic E-state index is 15.3. The molecule has 0 saturated heterocycles. The lowest BCUT2D eigenvalue weighted by atomic mass is 9.82. The number of fused-ring (bicyclic) bond motifs is 2. The van der Waals surface area contributed by atoms with Gasteiger partial charge >= 0.3 is 29.8 Å². The van der Waals surface area contributed by atoms with Crippen molar-refractivity contribution in [3.8, 4) is 34.5 Å². The summed E-state index contributed by atoms with van der Waals surface area (Å²) in [6.45, 7) is 8.90. The van der Waals surface area contributed by atoms with E-state index in [1.165, 1.54) is 60.7 Å². The summed E-state index contributed by atoms with van der Waals surface area (Å²) in [5.74, 6) is -11.9. The predicted molar refractivity (Wildman–Crippen MR) is 247 cm³/mol. The molecule has 0 aromatic heterocycles. The van der Waals surface area contributed by atoms with E-state index in [1.807, 2.05) is 0 Å². The molecule has 1 aliphatic carbocycles. The van der Waals surface area contributed by atoms with Gasteiger partial charge in [-0.25, -0.2) is 24.0 Å². The Morgan fingerprint density at radius 3 is 0.884 bits per heavy atom. The van der Waals surface area contributed by atoms with Crippen molar-refractivity contribution < 1.29 is 66.8 Å². The first-order valence-electron chi connectivity index (χ1n) is 21.2. The van der Waals surface area contributed by atoms with Crippen LogP contribution >= 0.6 is 0 Å². The van der Waals surface area contributed by atoms with E-state index < -0.39 is 98.2 Å². The summed E-state index contributed by atoms with van der Waals surface area (Å²) in [6, 6.07) is 32.6. The van der Waals surface area contributed by atoms with Crippen LogP contribution in [0.25, 0.3) is 0 Å². The van der Waals surface area contributed by atoms with Gasteiger partial charge in [-0.15, -0.1) is 0 Å². The number of esters is 5. The third kappa shape index (κ3) is 9.67. The van der Waals surface area contributed by atoms with Gasteiger partial charge in [-0.2, -0.15) is 0 Å². The molecule has 0 amide bonds. The predicted octanol–water partition coefficient (Wildman–Crippen LogP) is 9.64. The summed E-state index contributed by atoms with van der Waals surface area (Å²) in [5, 5.41) is 0. The molecule has 7 aromatic rings. The van der Waals surface area contributed by atoms with Gasteiger partial charge in [-0.1, -0.05) is 88.5 Å². The Bertz CT molecular complexity index is 3260. The molecule has 7 aromatic carbocycles. The number of rotatable bonds is 12. The summed E-state index contributed by atoms with van der Waals surface area (Å²) < 4.78 is 34.6. The molecule has 0 heterocycles. The summed E-state index contributed by atoms with van der Waals surface area (Å²) >= 11 is 0. The molecule has 342 valence electrons. The average Bonchev–Trinajstić information content (AvgIpc) is 3.33. The molecule has 1 aliphatic rings. The number of carbonyl (C=O) groups excluding carboxylic acids is 8. The molecule has 14 heteroatoms. The zero-order valence-corrected chi connectivity index (χ0v) is 37.5. The molecular formula is C55H38O14. The number of ether oxygens (including phenoxy) is 6. The minimum Gasteiger partial charge on any atom is -0.425 e. The molecular weight excluding hydrogens is 885 g/mol. The van der Waals surface area contributed by atoms with Crippen LogP contribution in [0.1, 0.15) is 111 Å². The molecule has 0 unspecified atom stereocenters. The molecule has 0 aliphatic heterocycles. The fourth-order valence-electron chi connectivity index (χ4n) is 7.13. The smallest absolute Gasteiger partial charge is 0.343 e. The highest BCUT2D eigenvalue weighted by molar-refractivity contribution is 6.31. The minimum atomic E-state index is -1.13. The van der Waals surface area contributed by atoms with E-state index >= 15 is 9.59 Å². The van der Waals surface area contributed by atoms with Crippen molar-refractivity contribution in [2.75, 3.05) is 0 Å². The Morgan fingerprint density at radius 2 is 0.594 bits per heavy atom. The van der Waals surface area contributed by atoms with E-state index in [-0.39, 0.29) is 34.3 Å². The molecule has 0 N–H and O–H groups in total. The van der Waals surface area contributed by atoms with E-state index in [2.05, 4.69) is 0 Å². The minimum absolute atomic E-state index is 0.00101. The Kier molecular flexibility index (Phi) is 12.9. The summed E-state index contributed by atoms with van der Waals surface area (Å²) in [6.07, 6.45) is 0. The number of benzene rings is 7. The number of hydrogen-bond donors (Lipinski definition) is 0. The quantitative estimate of drug-likeness (QED) is 0.0639. The van der Waals surface area contributed by atoms with Crippen LogP contribution in [0.2, 0.25) is 0 Å². The topological polar surface area (TPSA) is 192 Å². The second kappa shape index (κ2) is 19.3. The number of hydrogen-bond acceptors (Lipinski definition) is 14. The van der Waals surface area contributed by atoms with Crippen LogP contribution in [0.5, 0.6) is 34.5 Å². The molecule has 0 atom stereocenters. The molecule has 0 radical (unpaired) electrons. The van der Waals surface area contributed by atoms with Crippen molar-refractivity contribution in [3.05, 3.63) is 211 Å². The van der Waals surface area contributed by atoms with Crippen molar-refractivity contribution in [1.29, 1.82) is 0 Å². The number of carbonyl (C=O) groups is 8. The zero-order valence-electron chi connectivity index (χ0n) is 37.5. The highest BCUT2D eigenvalue weighted by Crippen LogP contribution is 2.51. The van der Waals surface area contributed by atoms with Gasteiger partial charge in [0, 0.05) is 11.1 Å². The van der Waals surface area contributed by atoms with Gasteiger partial charge in [0.05, 0.1) is 38.9 Å². The highest BCUT2D eigenvalue weighted by Gasteiger charge is 2.43. The Morgan fingerprint density at radius 1 is 0.348 bits per heavy atom. The van der Waals surface area contributed by atoms with Crippen LogP contribution in [-0.4, -0.2) is 47.9 Å². The maximum Gasteiger partial charge on any atom is 0.343 e. The van der Waals surface area contributed by atoms with Crippen molar-refractivity contribution >= 4 is 47.9 Å². The standard InChI is InChI=1S/C55H38O14/c1-29-6-16-34(17-7-29)51(59)65-42-27-40-44(50(69-55(63)38-24-14-33(5)15-25-38)48(42)67-53(61)36-20-10-31(3)11-21-36)45(57)39-26-41(64-28-56)47(66-52(60)35-18-8-30(2)9-19-35)49(43(39)46(40)58)68-54(62)37-22-12-32(4)13-23-37/h6-28H,1-5H3. The third-order valence-corrected chi connectivity index (χ3v) is 10.9. The summed E-state index contributed by atoms with van der Waals surface area (Å²) in [4.78, 5) is 112. The van der Waals surface area contributed by atoms with Gasteiger partial charge in [0.15, 0.2) is 34.6 Å². The first-order chi connectivity index (χ1) is 33.1. The fourth-order valence-corrected chi connectivity index (χ4v) is 7.13.